The van der Waals surface area contributed by atoms with E-state index in [2.05, 4.69) is 17.2 Å². The van der Waals surface area contributed by atoms with Crippen LogP contribution < -0.4 is 14.2 Å². The van der Waals surface area contributed by atoms with Crippen molar-refractivity contribution in [3.8, 4) is 17.2 Å². The normalized spacial score (nSPS) is 11.0. The van der Waals surface area contributed by atoms with Crippen LogP contribution in [0.15, 0.2) is 70.9 Å². The van der Waals surface area contributed by atoms with E-state index in [1.165, 1.54) is 26.4 Å². The molecule has 0 heterocycles. The van der Waals surface area contributed by atoms with Gasteiger partial charge in [0.05, 0.1) is 40.7 Å². The second kappa shape index (κ2) is 13.7. The number of carbonyl (C=O) groups is 1. The molecule has 184 valence electrons. The third kappa shape index (κ3) is 8.26. The maximum Gasteiger partial charge on any atom is 0.343 e. The molecule has 3 rings (SSSR count). The average Bonchev–Trinajstić information content (AvgIpc) is 2.87. The lowest BCUT2D eigenvalue weighted by atomic mass is 10.2. The number of azo groups is 1. The van der Waals surface area contributed by atoms with Crippen LogP contribution >= 0.6 is 23.2 Å². The van der Waals surface area contributed by atoms with Crippen LogP contribution in [0.1, 0.15) is 49.4 Å². The number of hydrogen-bond donors (Lipinski definition) is 0. The van der Waals surface area contributed by atoms with Crippen molar-refractivity contribution in [2.24, 2.45) is 10.2 Å². The van der Waals surface area contributed by atoms with E-state index in [1.54, 1.807) is 60.7 Å². The summed E-state index contributed by atoms with van der Waals surface area (Å²) in [6.45, 7) is 2.86. The molecule has 0 saturated carbocycles. The van der Waals surface area contributed by atoms with E-state index in [1.807, 2.05) is 0 Å². The zero-order chi connectivity index (χ0) is 25.0. The Hall–Kier alpha value is -3.09. The smallest absolute Gasteiger partial charge is 0.343 e. The standard InChI is InChI=1S/C27H28Cl2N2O4/c1-3-4-5-6-7-16-34-22-12-8-19(9-13-22)27(32)35-25-15-11-21(18-26(25)33-2)31-30-20-10-14-23(28)24(29)17-20/h8-15,17-18H,3-7,16H2,1-2H3. The summed E-state index contributed by atoms with van der Waals surface area (Å²) in [4.78, 5) is 12.6. The largest absolute Gasteiger partial charge is 0.494 e. The van der Waals surface area contributed by atoms with E-state index in [4.69, 9.17) is 37.4 Å². The first-order valence-corrected chi connectivity index (χ1v) is 12.3. The van der Waals surface area contributed by atoms with Crippen LogP contribution in [0.5, 0.6) is 17.2 Å². The van der Waals surface area contributed by atoms with Crippen LogP contribution in [0, 0.1) is 0 Å². The van der Waals surface area contributed by atoms with Crippen LogP contribution in [-0.4, -0.2) is 19.7 Å². The molecule has 8 heteroatoms. The average molecular weight is 515 g/mol. The Morgan fingerprint density at radius 3 is 2.17 bits per heavy atom. The van der Waals surface area contributed by atoms with E-state index >= 15 is 0 Å². The molecule has 0 radical (unpaired) electrons. The van der Waals surface area contributed by atoms with Gasteiger partial charge in [-0.1, -0.05) is 55.8 Å². The molecule has 3 aromatic carbocycles. The Balaban J connectivity index is 1.58. The van der Waals surface area contributed by atoms with E-state index in [0.29, 0.717) is 39.3 Å². The Bertz CT molecular complexity index is 1150. The lowest BCUT2D eigenvalue weighted by molar-refractivity contribution is 0.0729. The number of ether oxygens (including phenoxy) is 3. The molecular formula is C27H28Cl2N2O4. The first kappa shape index (κ1) is 26.5. The van der Waals surface area contributed by atoms with Gasteiger partial charge in [-0.15, -0.1) is 0 Å². The minimum atomic E-state index is -0.500. The third-order valence-corrected chi connectivity index (χ3v) is 5.88. The maximum absolute atomic E-state index is 12.6. The fourth-order valence-electron chi connectivity index (χ4n) is 3.21. The van der Waals surface area contributed by atoms with Crippen LogP contribution in [0.4, 0.5) is 11.4 Å². The predicted molar refractivity (Wildman–Crippen MR) is 139 cm³/mol. The molecular weight excluding hydrogens is 487 g/mol. The van der Waals surface area contributed by atoms with E-state index < -0.39 is 5.97 Å². The van der Waals surface area contributed by atoms with Gasteiger partial charge < -0.3 is 14.2 Å². The Labute approximate surface area is 215 Å². The number of hydrogen-bond acceptors (Lipinski definition) is 6. The van der Waals surface area contributed by atoms with Gasteiger partial charge in [0.15, 0.2) is 11.5 Å². The van der Waals surface area contributed by atoms with E-state index in [9.17, 15) is 4.79 Å². The van der Waals surface area contributed by atoms with Gasteiger partial charge in [-0.25, -0.2) is 4.79 Å². The summed E-state index contributed by atoms with van der Waals surface area (Å²) in [5.74, 6) is 0.858. The highest BCUT2D eigenvalue weighted by molar-refractivity contribution is 6.42. The highest BCUT2D eigenvalue weighted by atomic mass is 35.5. The molecule has 0 aliphatic heterocycles. The van der Waals surface area contributed by atoms with Crippen LogP contribution in [0.25, 0.3) is 0 Å². The molecule has 0 saturated heterocycles. The van der Waals surface area contributed by atoms with Gasteiger partial charge in [-0.3, -0.25) is 0 Å². The van der Waals surface area contributed by atoms with Crippen LogP contribution in [0.3, 0.4) is 0 Å². The highest BCUT2D eigenvalue weighted by Gasteiger charge is 2.13. The second-order valence-electron chi connectivity index (χ2n) is 7.81. The molecule has 6 nitrogen and oxygen atoms in total. The summed E-state index contributed by atoms with van der Waals surface area (Å²) in [6.07, 6.45) is 5.89. The molecule has 35 heavy (non-hydrogen) atoms. The van der Waals surface area contributed by atoms with Crippen molar-refractivity contribution >= 4 is 40.5 Å². The number of rotatable bonds is 12. The minimum absolute atomic E-state index is 0.276. The van der Waals surface area contributed by atoms with Gasteiger partial charge in [0.2, 0.25) is 0 Å². The molecule has 3 aromatic rings. The van der Waals surface area contributed by atoms with Gasteiger partial charge in [-0.2, -0.15) is 10.2 Å². The molecule has 0 spiro atoms. The van der Waals surface area contributed by atoms with Crippen molar-refractivity contribution in [2.75, 3.05) is 13.7 Å². The summed E-state index contributed by atoms with van der Waals surface area (Å²) in [7, 11) is 1.49. The molecule has 0 N–H and O–H groups in total. The first-order valence-electron chi connectivity index (χ1n) is 11.5. The molecule has 0 aliphatic rings. The molecule has 0 unspecified atom stereocenters. The number of unbranched alkanes of at least 4 members (excludes halogenated alkanes) is 4. The SMILES string of the molecule is CCCCCCCOc1ccc(C(=O)Oc2ccc(N=Nc3ccc(Cl)c(Cl)c3)cc2OC)cc1. The molecule has 0 bridgehead atoms. The molecule has 0 amide bonds. The van der Waals surface area contributed by atoms with Crippen LogP contribution in [0.2, 0.25) is 10.0 Å². The van der Waals surface area contributed by atoms with Crippen molar-refractivity contribution in [1.29, 1.82) is 0 Å². The predicted octanol–water partition coefficient (Wildman–Crippen LogP) is 8.99. The Morgan fingerprint density at radius 2 is 1.49 bits per heavy atom. The van der Waals surface area contributed by atoms with Crippen molar-refractivity contribution in [1.82, 2.24) is 0 Å². The zero-order valence-corrected chi connectivity index (χ0v) is 21.3. The van der Waals surface area contributed by atoms with Gasteiger partial charge in [-0.05, 0) is 61.0 Å². The van der Waals surface area contributed by atoms with Crippen molar-refractivity contribution in [3.63, 3.8) is 0 Å². The Morgan fingerprint density at radius 1 is 0.800 bits per heavy atom. The van der Waals surface area contributed by atoms with Crippen molar-refractivity contribution in [2.45, 2.75) is 39.0 Å². The number of methoxy groups -OCH3 is 1. The molecule has 0 atom stereocenters. The quantitative estimate of drug-likeness (QED) is 0.104. The third-order valence-electron chi connectivity index (χ3n) is 5.14. The molecule has 0 aliphatic carbocycles. The Kier molecular flexibility index (Phi) is 10.4. The second-order valence-corrected chi connectivity index (χ2v) is 8.62. The monoisotopic (exact) mass is 514 g/mol. The van der Waals surface area contributed by atoms with E-state index in [0.717, 1.165) is 18.6 Å². The fraction of sp³-hybridized carbons (Fsp3) is 0.296. The van der Waals surface area contributed by atoms with Crippen molar-refractivity contribution in [3.05, 3.63) is 76.3 Å². The van der Waals surface area contributed by atoms with Gasteiger partial charge in [0, 0.05) is 6.07 Å². The number of carbonyl (C=O) groups excluding carboxylic acids is 1. The first-order chi connectivity index (χ1) is 17.0. The lowest BCUT2D eigenvalue weighted by Gasteiger charge is -2.10. The van der Waals surface area contributed by atoms with E-state index in [-0.39, 0.29) is 5.75 Å². The molecule has 0 aromatic heterocycles. The number of benzene rings is 3. The topological polar surface area (TPSA) is 69.5 Å². The van der Waals surface area contributed by atoms with Gasteiger partial charge >= 0.3 is 5.97 Å². The summed E-state index contributed by atoms with van der Waals surface area (Å²) in [5.41, 5.74) is 1.48. The molecule has 0 fully saturated rings. The summed E-state index contributed by atoms with van der Waals surface area (Å²) >= 11 is 11.9. The summed E-state index contributed by atoms with van der Waals surface area (Å²) in [6, 6.07) is 16.8. The summed E-state index contributed by atoms with van der Waals surface area (Å²) in [5, 5.41) is 9.16. The fourth-order valence-corrected chi connectivity index (χ4v) is 3.50. The number of esters is 1. The van der Waals surface area contributed by atoms with Gasteiger partial charge in [0.1, 0.15) is 5.75 Å². The van der Waals surface area contributed by atoms with Crippen LogP contribution in [-0.2, 0) is 0 Å². The maximum atomic E-state index is 12.6. The van der Waals surface area contributed by atoms with Gasteiger partial charge in [0.25, 0.3) is 0 Å². The summed E-state index contributed by atoms with van der Waals surface area (Å²) < 4.78 is 16.7. The highest BCUT2D eigenvalue weighted by Crippen LogP contribution is 2.33. The zero-order valence-electron chi connectivity index (χ0n) is 19.8. The number of nitrogens with zero attached hydrogens (tertiary/aromatic N) is 2. The minimum Gasteiger partial charge on any atom is -0.494 e. The lowest BCUT2D eigenvalue weighted by Crippen LogP contribution is -2.09. The number of halogens is 2. The van der Waals surface area contributed by atoms with Crippen molar-refractivity contribution < 1.29 is 19.0 Å².